The first kappa shape index (κ1) is 16.1. The highest BCUT2D eigenvalue weighted by atomic mass is 31.2. The van der Waals surface area contributed by atoms with Gasteiger partial charge in [-0.1, -0.05) is 12.2 Å². The number of alkyl halides is 3. The van der Waals surface area contributed by atoms with Crippen LogP contribution in [0.25, 0.3) is 0 Å². The largest absolute Gasteiger partial charge is 0.433 e. The van der Waals surface area contributed by atoms with Gasteiger partial charge in [-0.25, -0.2) is 0 Å². The van der Waals surface area contributed by atoms with Gasteiger partial charge < -0.3 is 9.05 Å². The Balaban J connectivity index is 2.54. The van der Waals surface area contributed by atoms with Crippen molar-refractivity contribution in [1.82, 2.24) is 10.4 Å². The predicted molar refractivity (Wildman–Crippen MR) is 71.0 cm³/mol. The summed E-state index contributed by atoms with van der Waals surface area (Å²) in [6.45, 7) is 3.07. The minimum Gasteiger partial charge on any atom is -0.306 e. The van der Waals surface area contributed by atoms with Gasteiger partial charge in [0.15, 0.2) is 0 Å². The molecule has 9 heteroatoms. The first-order valence-corrected chi connectivity index (χ1v) is 7.98. The summed E-state index contributed by atoms with van der Waals surface area (Å²) in [7, 11) is -4.04. The molecule has 5 nitrogen and oxygen atoms in total. The smallest absolute Gasteiger partial charge is 0.306 e. The molecule has 0 aromatic heterocycles. The first-order chi connectivity index (χ1) is 9.83. The summed E-state index contributed by atoms with van der Waals surface area (Å²) in [6.07, 6.45) is 1.42. The number of rotatable bonds is 5. The highest BCUT2D eigenvalue weighted by Crippen LogP contribution is 2.61. The van der Waals surface area contributed by atoms with Crippen molar-refractivity contribution in [3.05, 3.63) is 35.4 Å². The third kappa shape index (κ3) is 3.02. The predicted octanol–water partition coefficient (Wildman–Crippen LogP) is 3.30. The summed E-state index contributed by atoms with van der Waals surface area (Å²) in [6, 6.07) is -0.851. The third-order valence-electron chi connectivity index (χ3n) is 2.90. The third-order valence-corrected chi connectivity index (χ3v) is 5.18. The van der Waals surface area contributed by atoms with Gasteiger partial charge in [-0.15, -0.1) is 0 Å². The topological polar surface area (TPSA) is 50.8 Å². The van der Waals surface area contributed by atoms with Crippen molar-refractivity contribution in [3.8, 4) is 0 Å². The molecule has 1 unspecified atom stereocenters. The summed E-state index contributed by atoms with van der Waals surface area (Å²) in [5.41, 5.74) is 1.13. The van der Waals surface area contributed by atoms with Crippen molar-refractivity contribution in [2.75, 3.05) is 13.2 Å². The van der Waals surface area contributed by atoms with E-state index in [4.69, 9.17) is 9.05 Å². The van der Waals surface area contributed by atoms with Crippen LogP contribution in [0.1, 0.15) is 13.8 Å². The van der Waals surface area contributed by atoms with Gasteiger partial charge in [0.1, 0.15) is 11.7 Å². The van der Waals surface area contributed by atoms with Gasteiger partial charge in [0.25, 0.3) is 0 Å². The number of nitrogens with one attached hydrogen (secondary N) is 1. The van der Waals surface area contributed by atoms with Crippen molar-refractivity contribution < 1.29 is 26.8 Å². The lowest BCUT2D eigenvalue weighted by molar-refractivity contribution is -0.0995. The van der Waals surface area contributed by atoms with Gasteiger partial charge in [-0.2, -0.15) is 13.2 Å². The molecule has 0 fully saturated rings. The van der Waals surface area contributed by atoms with E-state index in [-0.39, 0.29) is 13.2 Å². The summed E-state index contributed by atoms with van der Waals surface area (Å²) in [5.74, 6) is 0. The standard InChI is InChI=1S/C12H16F3N2O3P/c1-3-19-21(18,20-4-2)10-9-7-5-6-8-17(9)16-11(10)12(13,14)15/h5-9,16H,3-4H2,1-2H3. The van der Waals surface area contributed by atoms with Crippen LogP contribution in [-0.2, 0) is 13.6 Å². The van der Waals surface area contributed by atoms with Crippen LogP contribution in [-0.4, -0.2) is 30.4 Å². The highest BCUT2D eigenvalue weighted by Gasteiger charge is 2.52. The number of allylic oxidation sites excluding steroid dienone is 3. The molecule has 0 saturated heterocycles. The van der Waals surface area contributed by atoms with E-state index < -0.39 is 30.8 Å². The number of fused-ring (bicyclic) bond motifs is 1. The lowest BCUT2D eigenvalue weighted by atomic mass is 10.2. The Bertz CT molecular complexity index is 532. The molecule has 0 saturated carbocycles. The quantitative estimate of drug-likeness (QED) is 0.787. The molecule has 0 amide bonds. The second kappa shape index (κ2) is 5.87. The van der Waals surface area contributed by atoms with Gasteiger partial charge >= 0.3 is 13.8 Å². The molecule has 0 aromatic carbocycles. The van der Waals surface area contributed by atoms with Crippen molar-refractivity contribution in [2.24, 2.45) is 0 Å². The van der Waals surface area contributed by atoms with Crippen LogP contribution in [0, 0.1) is 0 Å². The Hall–Kier alpha value is -1.24. The number of halogens is 3. The molecule has 2 aliphatic rings. The Morgan fingerprint density at radius 1 is 1.29 bits per heavy atom. The fourth-order valence-electron chi connectivity index (χ4n) is 2.19. The van der Waals surface area contributed by atoms with Crippen LogP contribution in [0.2, 0.25) is 0 Å². The minimum absolute atomic E-state index is 0.0157. The fourth-order valence-corrected chi connectivity index (χ4v) is 4.20. The summed E-state index contributed by atoms with van der Waals surface area (Å²) >= 11 is 0. The van der Waals surface area contributed by atoms with Gasteiger partial charge in [0.2, 0.25) is 0 Å². The second-order valence-electron chi connectivity index (χ2n) is 4.28. The van der Waals surface area contributed by atoms with Gasteiger partial charge in [0.05, 0.1) is 18.5 Å². The van der Waals surface area contributed by atoms with E-state index in [1.54, 1.807) is 26.0 Å². The SMILES string of the molecule is CCOP(=O)(OCC)C1=C(C(F)(F)F)NN2C=CC=CC12. The van der Waals surface area contributed by atoms with Crippen LogP contribution in [0.15, 0.2) is 35.4 Å². The van der Waals surface area contributed by atoms with Gasteiger partial charge in [-0.05, 0) is 19.9 Å². The molecule has 118 valence electrons. The van der Waals surface area contributed by atoms with Gasteiger partial charge in [0, 0.05) is 6.20 Å². The average molecular weight is 324 g/mol. The lowest BCUT2D eigenvalue weighted by Crippen LogP contribution is -2.36. The molecule has 1 N–H and O–H groups in total. The fraction of sp³-hybridized carbons (Fsp3) is 0.500. The van der Waals surface area contributed by atoms with Crippen LogP contribution in [0.3, 0.4) is 0 Å². The monoisotopic (exact) mass is 324 g/mol. The molecule has 0 aliphatic carbocycles. The Morgan fingerprint density at radius 2 is 1.90 bits per heavy atom. The van der Waals surface area contributed by atoms with E-state index in [0.717, 1.165) is 0 Å². The Morgan fingerprint density at radius 3 is 2.43 bits per heavy atom. The first-order valence-electron chi connectivity index (χ1n) is 6.44. The lowest BCUT2D eigenvalue weighted by Gasteiger charge is -2.26. The van der Waals surface area contributed by atoms with Crippen LogP contribution in [0.5, 0.6) is 0 Å². The molecule has 0 radical (unpaired) electrons. The molecule has 2 heterocycles. The van der Waals surface area contributed by atoms with Crippen molar-refractivity contribution in [2.45, 2.75) is 26.1 Å². The van der Waals surface area contributed by atoms with E-state index >= 15 is 0 Å². The minimum atomic E-state index is -4.68. The zero-order chi connectivity index (χ0) is 15.7. The van der Waals surface area contributed by atoms with E-state index in [1.807, 2.05) is 0 Å². The molecule has 0 bridgehead atoms. The molecular weight excluding hydrogens is 308 g/mol. The number of hydrazine groups is 1. The maximum absolute atomic E-state index is 13.2. The number of hydrogen-bond acceptors (Lipinski definition) is 5. The normalized spacial score (nSPS) is 21.8. The van der Waals surface area contributed by atoms with Crippen molar-refractivity contribution in [1.29, 1.82) is 0 Å². The Kier molecular flexibility index (Phi) is 4.51. The maximum atomic E-state index is 13.2. The summed E-state index contributed by atoms with van der Waals surface area (Å²) in [5, 5.41) is 0.822. The molecule has 2 aliphatic heterocycles. The molecule has 2 rings (SSSR count). The van der Waals surface area contributed by atoms with Crippen molar-refractivity contribution in [3.63, 3.8) is 0 Å². The number of nitrogens with zero attached hydrogens (tertiary/aromatic N) is 1. The molecule has 1 atom stereocenters. The molecule has 21 heavy (non-hydrogen) atoms. The van der Waals surface area contributed by atoms with E-state index in [0.29, 0.717) is 0 Å². The zero-order valence-electron chi connectivity index (χ0n) is 11.6. The molecule has 0 aromatic rings. The Labute approximate surface area is 120 Å². The molecule has 0 spiro atoms. The average Bonchev–Trinajstić information content (AvgIpc) is 2.79. The molecular formula is C12H16F3N2O3P. The van der Waals surface area contributed by atoms with E-state index in [2.05, 4.69) is 5.43 Å². The zero-order valence-corrected chi connectivity index (χ0v) is 12.4. The number of hydrogen-bond donors (Lipinski definition) is 1. The maximum Gasteiger partial charge on any atom is 0.433 e. The van der Waals surface area contributed by atoms with Gasteiger partial charge in [-0.3, -0.25) is 15.0 Å². The van der Waals surface area contributed by atoms with E-state index in [9.17, 15) is 17.7 Å². The van der Waals surface area contributed by atoms with E-state index in [1.165, 1.54) is 17.3 Å². The second-order valence-corrected chi connectivity index (χ2v) is 6.27. The highest BCUT2D eigenvalue weighted by molar-refractivity contribution is 7.58. The van der Waals surface area contributed by atoms with Crippen LogP contribution < -0.4 is 5.43 Å². The van der Waals surface area contributed by atoms with Crippen LogP contribution in [0.4, 0.5) is 13.2 Å². The summed E-state index contributed by atoms with van der Waals surface area (Å²) in [4.78, 5) is 0. The van der Waals surface area contributed by atoms with Crippen LogP contribution >= 0.6 is 7.60 Å². The van der Waals surface area contributed by atoms with Crippen molar-refractivity contribution >= 4 is 7.60 Å². The summed E-state index contributed by atoms with van der Waals surface area (Å²) < 4.78 is 62.7.